The van der Waals surface area contributed by atoms with Crippen molar-refractivity contribution in [3.63, 3.8) is 0 Å². The number of likely N-dealkylation sites (tertiary alicyclic amines) is 1. The minimum absolute atomic E-state index is 0.307. The number of nitrogens with one attached hydrogen (secondary N) is 1. The van der Waals surface area contributed by atoms with Crippen molar-refractivity contribution in [2.24, 2.45) is 5.92 Å². The molecular formula is C14H20F3N3O. The number of pyridine rings is 1. The first-order chi connectivity index (χ1) is 9.92. The van der Waals surface area contributed by atoms with Gasteiger partial charge in [0, 0.05) is 13.1 Å². The number of alkyl halides is 3. The van der Waals surface area contributed by atoms with Crippen LogP contribution in [-0.4, -0.2) is 42.4 Å². The fraction of sp³-hybridized carbons (Fsp3) is 0.643. The summed E-state index contributed by atoms with van der Waals surface area (Å²) in [6.45, 7) is 6.11. The van der Waals surface area contributed by atoms with Crippen LogP contribution in [0.5, 0.6) is 5.75 Å². The van der Waals surface area contributed by atoms with Crippen molar-refractivity contribution < 1.29 is 17.9 Å². The summed E-state index contributed by atoms with van der Waals surface area (Å²) in [5.41, 5.74) is 0. The van der Waals surface area contributed by atoms with Gasteiger partial charge in [0.1, 0.15) is 11.6 Å². The number of ether oxygens (including phenoxy) is 1. The molecule has 21 heavy (non-hydrogen) atoms. The molecule has 0 unspecified atom stereocenters. The molecule has 1 fully saturated rings. The monoisotopic (exact) mass is 303 g/mol. The molecule has 0 amide bonds. The lowest BCUT2D eigenvalue weighted by Gasteiger charge is -2.30. The van der Waals surface area contributed by atoms with E-state index in [2.05, 4.69) is 26.9 Å². The Hall–Kier alpha value is -1.50. The quantitative estimate of drug-likeness (QED) is 0.907. The molecule has 7 heteroatoms. The van der Waals surface area contributed by atoms with E-state index in [4.69, 9.17) is 0 Å². The van der Waals surface area contributed by atoms with Crippen LogP contribution in [0.2, 0.25) is 0 Å². The van der Waals surface area contributed by atoms with Gasteiger partial charge < -0.3 is 15.0 Å². The number of piperidine rings is 1. The number of halogens is 3. The van der Waals surface area contributed by atoms with Gasteiger partial charge in [-0.15, -0.1) is 13.2 Å². The van der Waals surface area contributed by atoms with Crippen LogP contribution in [0.15, 0.2) is 18.3 Å². The Morgan fingerprint density at radius 2 is 2.05 bits per heavy atom. The summed E-state index contributed by atoms with van der Waals surface area (Å²) in [5.74, 6) is 1.05. The van der Waals surface area contributed by atoms with Crippen LogP contribution in [-0.2, 0) is 0 Å². The highest BCUT2D eigenvalue weighted by molar-refractivity contribution is 5.37. The van der Waals surface area contributed by atoms with Crippen LogP contribution in [0.3, 0.4) is 0 Å². The van der Waals surface area contributed by atoms with Crippen molar-refractivity contribution in [2.75, 3.05) is 31.5 Å². The SMILES string of the molecule is CC1CCN(CCNc2ccc(OC(F)(F)F)cn2)CC1. The molecule has 0 saturated carbocycles. The first-order valence-corrected chi connectivity index (χ1v) is 7.10. The molecule has 0 radical (unpaired) electrons. The van der Waals surface area contributed by atoms with E-state index >= 15 is 0 Å². The fourth-order valence-corrected chi connectivity index (χ4v) is 2.31. The summed E-state index contributed by atoms with van der Waals surface area (Å²) in [6.07, 6.45) is -1.16. The normalized spacial score (nSPS) is 17.7. The predicted molar refractivity (Wildman–Crippen MR) is 74.2 cm³/mol. The van der Waals surface area contributed by atoms with Gasteiger partial charge in [-0.25, -0.2) is 4.98 Å². The zero-order valence-corrected chi connectivity index (χ0v) is 12.0. The Bertz CT molecular complexity index is 428. The summed E-state index contributed by atoms with van der Waals surface area (Å²) in [7, 11) is 0. The van der Waals surface area contributed by atoms with Crippen LogP contribution >= 0.6 is 0 Å². The molecule has 1 saturated heterocycles. The Morgan fingerprint density at radius 3 is 2.62 bits per heavy atom. The van der Waals surface area contributed by atoms with Crippen molar-refractivity contribution >= 4 is 5.82 Å². The van der Waals surface area contributed by atoms with Crippen molar-refractivity contribution in [1.29, 1.82) is 0 Å². The van der Waals surface area contributed by atoms with Gasteiger partial charge in [-0.05, 0) is 44.0 Å². The lowest BCUT2D eigenvalue weighted by Crippen LogP contribution is -2.36. The molecule has 4 nitrogen and oxygen atoms in total. The zero-order valence-electron chi connectivity index (χ0n) is 12.0. The number of hydrogen-bond donors (Lipinski definition) is 1. The molecule has 0 aliphatic carbocycles. The highest BCUT2D eigenvalue weighted by atomic mass is 19.4. The number of rotatable bonds is 5. The van der Waals surface area contributed by atoms with Gasteiger partial charge in [0.25, 0.3) is 0 Å². The van der Waals surface area contributed by atoms with Crippen molar-refractivity contribution in [2.45, 2.75) is 26.1 Å². The zero-order chi connectivity index (χ0) is 15.3. The second-order valence-electron chi connectivity index (χ2n) is 5.38. The van der Waals surface area contributed by atoms with Crippen LogP contribution in [0, 0.1) is 5.92 Å². The van der Waals surface area contributed by atoms with E-state index in [0.717, 1.165) is 38.3 Å². The molecule has 1 N–H and O–H groups in total. The molecule has 2 heterocycles. The van der Waals surface area contributed by atoms with E-state index < -0.39 is 6.36 Å². The van der Waals surface area contributed by atoms with Gasteiger partial charge in [0.15, 0.2) is 0 Å². The standard InChI is InChI=1S/C14H20F3N3O/c1-11-4-7-20(8-5-11)9-6-18-13-3-2-12(10-19-13)21-14(15,16)17/h2-3,10-11H,4-9H2,1H3,(H,18,19). The van der Waals surface area contributed by atoms with Crippen LogP contribution in [0.1, 0.15) is 19.8 Å². The first-order valence-electron chi connectivity index (χ1n) is 7.10. The molecule has 0 spiro atoms. The van der Waals surface area contributed by atoms with E-state index in [-0.39, 0.29) is 5.75 Å². The van der Waals surface area contributed by atoms with E-state index in [1.165, 1.54) is 25.0 Å². The van der Waals surface area contributed by atoms with E-state index in [0.29, 0.717) is 5.82 Å². The fourth-order valence-electron chi connectivity index (χ4n) is 2.31. The molecule has 0 aromatic carbocycles. The summed E-state index contributed by atoms with van der Waals surface area (Å²) < 4.78 is 39.8. The summed E-state index contributed by atoms with van der Waals surface area (Å²) in [4.78, 5) is 6.29. The smallest absolute Gasteiger partial charge is 0.404 e. The maximum absolute atomic E-state index is 12.0. The number of nitrogens with zero attached hydrogens (tertiary/aromatic N) is 2. The molecule has 1 aliphatic heterocycles. The summed E-state index contributed by atoms with van der Waals surface area (Å²) in [6, 6.07) is 2.74. The average molecular weight is 303 g/mol. The average Bonchev–Trinajstić information content (AvgIpc) is 2.41. The van der Waals surface area contributed by atoms with Gasteiger partial charge in [-0.2, -0.15) is 0 Å². The third kappa shape index (κ3) is 5.79. The molecular weight excluding hydrogens is 283 g/mol. The Balaban J connectivity index is 1.71. The molecule has 1 aromatic rings. The number of hydrogen-bond acceptors (Lipinski definition) is 4. The van der Waals surface area contributed by atoms with Gasteiger partial charge in [-0.1, -0.05) is 6.92 Å². The molecule has 0 atom stereocenters. The van der Waals surface area contributed by atoms with Gasteiger partial charge >= 0.3 is 6.36 Å². The van der Waals surface area contributed by atoms with Crippen LogP contribution < -0.4 is 10.1 Å². The first kappa shape index (κ1) is 15.9. The molecule has 1 aromatic heterocycles. The van der Waals surface area contributed by atoms with E-state index in [1.807, 2.05) is 0 Å². The third-order valence-electron chi connectivity index (χ3n) is 3.58. The summed E-state index contributed by atoms with van der Waals surface area (Å²) in [5, 5.41) is 3.10. The van der Waals surface area contributed by atoms with Crippen molar-refractivity contribution in [3.8, 4) is 5.75 Å². The summed E-state index contributed by atoms with van der Waals surface area (Å²) >= 11 is 0. The maximum atomic E-state index is 12.0. The van der Waals surface area contributed by atoms with E-state index in [9.17, 15) is 13.2 Å². The van der Waals surface area contributed by atoms with Gasteiger partial charge in [0.2, 0.25) is 0 Å². The van der Waals surface area contributed by atoms with E-state index in [1.54, 1.807) is 0 Å². The second kappa shape index (κ2) is 6.98. The van der Waals surface area contributed by atoms with Gasteiger partial charge in [-0.3, -0.25) is 0 Å². The lowest BCUT2D eigenvalue weighted by molar-refractivity contribution is -0.274. The highest BCUT2D eigenvalue weighted by Crippen LogP contribution is 2.22. The molecule has 1 aliphatic rings. The number of aromatic nitrogens is 1. The number of anilines is 1. The minimum Gasteiger partial charge on any atom is -0.404 e. The lowest BCUT2D eigenvalue weighted by atomic mass is 9.99. The molecule has 0 bridgehead atoms. The van der Waals surface area contributed by atoms with Crippen molar-refractivity contribution in [1.82, 2.24) is 9.88 Å². The van der Waals surface area contributed by atoms with Crippen LogP contribution in [0.4, 0.5) is 19.0 Å². The largest absolute Gasteiger partial charge is 0.573 e. The second-order valence-corrected chi connectivity index (χ2v) is 5.38. The Labute approximate surface area is 122 Å². The molecule has 2 rings (SSSR count). The van der Waals surface area contributed by atoms with Crippen molar-refractivity contribution in [3.05, 3.63) is 18.3 Å². The molecule has 118 valence electrons. The van der Waals surface area contributed by atoms with Gasteiger partial charge in [0.05, 0.1) is 6.20 Å². The minimum atomic E-state index is -4.68. The Morgan fingerprint density at radius 1 is 1.33 bits per heavy atom. The predicted octanol–water partition coefficient (Wildman–Crippen LogP) is 3.12. The maximum Gasteiger partial charge on any atom is 0.573 e. The highest BCUT2D eigenvalue weighted by Gasteiger charge is 2.31. The van der Waals surface area contributed by atoms with Crippen LogP contribution in [0.25, 0.3) is 0 Å². The third-order valence-corrected chi connectivity index (χ3v) is 3.58. The topological polar surface area (TPSA) is 37.4 Å². The Kier molecular flexibility index (Phi) is 5.27.